The number of carbonyl (C=O) groups is 4. The van der Waals surface area contributed by atoms with E-state index in [0.29, 0.717) is 50.5 Å². The number of amides is 1. The highest BCUT2D eigenvalue weighted by molar-refractivity contribution is 6.39. The predicted molar refractivity (Wildman–Crippen MR) is 208 cm³/mol. The number of rotatable bonds is 6. The molecule has 14 atom stereocenters. The number of hydrogen-bond donors (Lipinski definition) is 4. The molecule has 1 saturated carbocycles. The van der Waals surface area contributed by atoms with Crippen molar-refractivity contribution in [1.29, 1.82) is 0 Å². The summed E-state index contributed by atoms with van der Waals surface area (Å²) < 4.78 is 23.5. The van der Waals surface area contributed by atoms with Gasteiger partial charge < -0.3 is 44.3 Å². The molecule has 4 N–H and O–H groups in total. The first-order chi connectivity index (χ1) is 26.4. The van der Waals surface area contributed by atoms with Crippen LogP contribution < -0.4 is 0 Å². The van der Waals surface area contributed by atoms with E-state index in [-0.39, 0.29) is 56.0 Å². The summed E-state index contributed by atoms with van der Waals surface area (Å²) in [5.41, 5.74) is 1.60. The van der Waals surface area contributed by atoms with Crippen LogP contribution in [0.1, 0.15) is 119 Å². The highest BCUT2D eigenvalue weighted by atomic mass is 16.7. The average Bonchev–Trinajstić information content (AvgIpc) is 3.16. The summed E-state index contributed by atoms with van der Waals surface area (Å²) >= 11 is 0. The number of esters is 1. The normalized spacial score (nSPS) is 41.6. The van der Waals surface area contributed by atoms with Crippen molar-refractivity contribution in [2.75, 3.05) is 20.8 Å². The van der Waals surface area contributed by atoms with Crippen LogP contribution in [0.25, 0.3) is 0 Å². The van der Waals surface area contributed by atoms with Gasteiger partial charge in [0.2, 0.25) is 5.79 Å². The van der Waals surface area contributed by atoms with E-state index >= 15 is 0 Å². The Balaban J connectivity index is 1.76. The van der Waals surface area contributed by atoms with E-state index in [1.807, 2.05) is 39.8 Å². The molecule has 3 heterocycles. The summed E-state index contributed by atoms with van der Waals surface area (Å²) in [6.45, 7) is 11.1. The molecule has 56 heavy (non-hydrogen) atoms. The van der Waals surface area contributed by atoms with Gasteiger partial charge in [-0.2, -0.15) is 0 Å². The Kier molecular flexibility index (Phi) is 16.9. The Morgan fingerprint density at radius 3 is 2.29 bits per heavy atom. The molecule has 1 unspecified atom stereocenters. The Bertz CT molecular complexity index is 1430. The number of allylic oxidation sites excluding steroid dienone is 3. The third-order valence-electron chi connectivity index (χ3n) is 12.8. The Morgan fingerprint density at radius 2 is 1.62 bits per heavy atom. The number of fused-ring (bicyclic) bond motifs is 3. The number of aliphatic hydroxyl groups excluding tert-OH is 3. The van der Waals surface area contributed by atoms with Crippen molar-refractivity contribution in [2.45, 2.75) is 173 Å². The monoisotopic (exact) mass is 791 g/mol. The summed E-state index contributed by atoms with van der Waals surface area (Å²) in [7, 11) is 3.02. The van der Waals surface area contributed by atoms with Crippen molar-refractivity contribution in [3.8, 4) is 0 Å². The molecular formula is C43H69NO12. The lowest BCUT2D eigenvalue weighted by molar-refractivity contribution is -0.301. The fourth-order valence-electron chi connectivity index (χ4n) is 9.40. The van der Waals surface area contributed by atoms with Crippen molar-refractivity contribution in [3.63, 3.8) is 0 Å². The summed E-state index contributed by atoms with van der Waals surface area (Å²) in [4.78, 5) is 57.5. The van der Waals surface area contributed by atoms with Gasteiger partial charge in [0, 0.05) is 44.9 Å². The molecule has 4 aliphatic rings. The van der Waals surface area contributed by atoms with Gasteiger partial charge in [0.1, 0.15) is 24.0 Å². The van der Waals surface area contributed by atoms with E-state index in [1.165, 1.54) is 7.11 Å². The molecular weight excluding hydrogens is 722 g/mol. The predicted octanol–water partition coefficient (Wildman–Crippen LogP) is 4.21. The van der Waals surface area contributed by atoms with Crippen LogP contribution in [-0.2, 0) is 38.1 Å². The van der Waals surface area contributed by atoms with Crippen LogP contribution in [0.2, 0.25) is 0 Å². The van der Waals surface area contributed by atoms with Crippen LogP contribution >= 0.6 is 0 Å². The van der Waals surface area contributed by atoms with Crippen LogP contribution in [0, 0.1) is 29.6 Å². The van der Waals surface area contributed by atoms with E-state index in [4.69, 9.17) is 18.9 Å². The molecule has 2 saturated heterocycles. The second kappa shape index (κ2) is 20.4. The van der Waals surface area contributed by atoms with Gasteiger partial charge in [-0.25, -0.2) is 4.79 Å². The maximum absolute atomic E-state index is 14.3. The van der Waals surface area contributed by atoms with Crippen LogP contribution in [0.4, 0.5) is 0 Å². The van der Waals surface area contributed by atoms with Gasteiger partial charge >= 0.3 is 5.97 Å². The van der Waals surface area contributed by atoms with Gasteiger partial charge in [-0.3, -0.25) is 14.4 Å². The first kappa shape index (κ1) is 46.2. The van der Waals surface area contributed by atoms with Gasteiger partial charge in [-0.15, -0.1) is 0 Å². The zero-order chi connectivity index (χ0) is 41.5. The zero-order valence-electron chi connectivity index (χ0n) is 34.9. The van der Waals surface area contributed by atoms with E-state index in [9.17, 15) is 39.6 Å². The van der Waals surface area contributed by atoms with Gasteiger partial charge in [-0.05, 0) is 95.5 Å². The number of Topliss-reactive ketones (excluding diaryl/α,β-unsaturated/α-hetero) is 2. The number of carbonyl (C=O) groups excluding carboxylic acids is 4. The molecule has 318 valence electrons. The van der Waals surface area contributed by atoms with Crippen molar-refractivity contribution < 1.29 is 58.6 Å². The number of ketones is 2. The fraction of sp³-hybridized carbons (Fsp3) is 0.814. The number of aliphatic hydroxyl groups is 4. The third-order valence-corrected chi connectivity index (χ3v) is 12.8. The third kappa shape index (κ3) is 10.9. The van der Waals surface area contributed by atoms with Gasteiger partial charge in [-0.1, -0.05) is 51.8 Å². The SMILES string of the molecule is CCC[C@@H]1/C=C(\C)C[C@@H](C)C[C@H](O)[C@H]2O[C@@](O)(C(=O)C(=O)N3CCCCC3C(=O)O[C@H](/C(C)=C/[C@@H]3CC[C@@H](O)[C@H](OC)C3)[C@H](C)[C@@H](O)CC1=O)[C@H](C)C[C@@H]2OC. The average molecular weight is 792 g/mol. The molecule has 13 nitrogen and oxygen atoms in total. The molecule has 13 heteroatoms. The molecule has 2 bridgehead atoms. The lowest BCUT2D eigenvalue weighted by Gasteiger charge is -2.46. The van der Waals surface area contributed by atoms with Crippen molar-refractivity contribution in [3.05, 3.63) is 23.3 Å². The van der Waals surface area contributed by atoms with E-state index < -0.39 is 83.9 Å². The molecule has 1 aliphatic carbocycles. The number of piperidine rings is 1. The number of cyclic esters (lactones) is 1. The lowest BCUT2D eigenvalue weighted by Crippen LogP contribution is -2.64. The maximum atomic E-state index is 14.3. The van der Waals surface area contributed by atoms with Crippen LogP contribution in [0.15, 0.2) is 23.3 Å². The Labute approximate surface area is 333 Å². The number of hydrogen-bond acceptors (Lipinski definition) is 12. The van der Waals surface area contributed by atoms with E-state index in [1.54, 1.807) is 21.0 Å². The van der Waals surface area contributed by atoms with Crippen molar-refractivity contribution >= 4 is 23.4 Å². The molecule has 3 fully saturated rings. The molecule has 0 aromatic rings. The maximum Gasteiger partial charge on any atom is 0.329 e. The summed E-state index contributed by atoms with van der Waals surface area (Å²) in [5.74, 6) is -7.94. The molecule has 0 radical (unpaired) electrons. The molecule has 3 aliphatic heterocycles. The van der Waals surface area contributed by atoms with Crippen molar-refractivity contribution in [1.82, 2.24) is 4.90 Å². The van der Waals surface area contributed by atoms with Crippen molar-refractivity contribution in [2.24, 2.45) is 29.6 Å². The molecule has 4 rings (SSSR count). The quantitative estimate of drug-likeness (QED) is 0.171. The highest BCUT2D eigenvalue weighted by Gasteiger charge is 2.56. The van der Waals surface area contributed by atoms with Gasteiger partial charge in [0.25, 0.3) is 11.7 Å². The zero-order valence-corrected chi connectivity index (χ0v) is 34.9. The molecule has 0 spiro atoms. The first-order valence-electron chi connectivity index (χ1n) is 20.9. The van der Waals surface area contributed by atoms with E-state index in [0.717, 1.165) is 16.9 Å². The molecule has 0 aromatic carbocycles. The minimum Gasteiger partial charge on any atom is -0.456 e. The second-order valence-corrected chi connectivity index (χ2v) is 17.3. The molecule has 1 amide bonds. The second-order valence-electron chi connectivity index (χ2n) is 17.3. The fourth-order valence-corrected chi connectivity index (χ4v) is 9.40. The number of nitrogens with zero attached hydrogens (tertiary/aromatic N) is 1. The lowest BCUT2D eigenvalue weighted by atomic mass is 9.81. The Hall–Kier alpha value is -2.52. The first-order valence-corrected chi connectivity index (χ1v) is 20.9. The number of methoxy groups -OCH3 is 2. The van der Waals surface area contributed by atoms with Crippen LogP contribution in [-0.4, -0.2) is 124 Å². The van der Waals surface area contributed by atoms with Gasteiger partial charge in [0.05, 0.1) is 30.5 Å². The minimum atomic E-state index is -2.58. The Morgan fingerprint density at radius 1 is 0.929 bits per heavy atom. The highest BCUT2D eigenvalue weighted by Crippen LogP contribution is 2.39. The molecule has 0 aromatic heterocycles. The summed E-state index contributed by atoms with van der Waals surface area (Å²) in [5, 5.41) is 45.5. The smallest absolute Gasteiger partial charge is 0.329 e. The van der Waals surface area contributed by atoms with Gasteiger partial charge in [0.15, 0.2) is 0 Å². The topological polar surface area (TPSA) is 189 Å². The van der Waals surface area contributed by atoms with Crippen LogP contribution in [0.3, 0.4) is 0 Å². The van der Waals surface area contributed by atoms with E-state index in [2.05, 4.69) is 0 Å². The van der Waals surface area contributed by atoms with Crippen LogP contribution in [0.5, 0.6) is 0 Å². The largest absolute Gasteiger partial charge is 0.456 e. The number of ether oxygens (including phenoxy) is 4. The summed E-state index contributed by atoms with van der Waals surface area (Å²) in [6, 6.07) is -1.16. The standard InChI is InChI=1S/C43H69NO12/c1-9-12-30-18-24(2)17-25(3)19-35(48)39-37(54-8)21-27(5)43(52,56-39)40(49)41(50)44-16-11-10-13-31(44)42(51)55-38(28(6)33(46)23-34(30)47)26(4)20-29-14-15-32(45)36(22-29)53-7/h18,20,25,27-33,35-39,45-46,48,52H,9-17,19,21-23H2,1-8H3/b24-18+,26-20+/t25-,27-,28-,29+,30-,31?,32-,33+,35+,36-,37+,38-,39-,43-/m1/s1. The summed E-state index contributed by atoms with van der Waals surface area (Å²) in [6.07, 6.45) is 3.01. The minimum absolute atomic E-state index is 0.00809.